The molecule has 216 valence electrons. The van der Waals surface area contributed by atoms with Crippen molar-refractivity contribution in [1.29, 1.82) is 0 Å². The summed E-state index contributed by atoms with van der Waals surface area (Å²) in [6.45, 7) is 6.25. The maximum Gasteiger partial charge on any atom is 0.237 e. The van der Waals surface area contributed by atoms with Gasteiger partial charge >= 0.3 is 0 Å². The molecule has 0 saturated carbocycles. The average Bonchev–Trinajstić information content (AvgIpc) is 2.92. The number of rotatable bonds is 11. The summed E-state index contributed by atoms with van der Waals surface area (Å²) >= 11 is 0. The highest BCUT2D eigenvalue weighted by Crippen LogP contribution is 2.40. The monoisotopic (exact) mass is 562 g/mol. The fourth-order valence-corrected chi connectivity index (χ4v) is 5.31. The average molecular weight is 563 g/mol. The van der Waals surface area contributed by atoms with Crippen LogP contribution >= 0.6 is 12.4 Å². The second kappa shape index (κ2) is 15.1. The van der Waals surface area contributed by atoms with Gasteiger partial charge in [0, 0.05) is 50.0 Å². The predicted molar refractivity (Wildman–Crippen MR) is 158 cm³/mol. The zero-order chi connectivity index (χ0) is 26.4. The number of piperazine rings is 1. The van der Waals surface area contributed by atoms with E-state index in [-0.39, 0.29) is 29.6 Å². The molecular formula is C29H43ClN4O5. The summed E-state index contributed by atoms with van der Waals surface area (Å²) in [6.07, 6.45) is 2.18. The summed E-state index contributed by atoms with van der Waals surface area (Å²) in [4.78, 5) is 35.9. The minimum absolute atomic E-state index is 0. The van der Waals surface area contributed by atoms with Gasteiger partial charge in [0.1, 0.15) is 5.92 Å². The van der Waals surface area contributed by atoms with Crippen molar-refractivity contribution in [1.82, 2.24) is 9.80 Å². The Morgan fingerprint density at radius 3 is 2.15 bits per heavy atom. The fourth-order valence-electron chi connectivity index (χ4n) is 5.31. The lowest BCUT2D eigenvalue weighted by atomic mass is 9.86. The fraction of sp³-hybridized carbons (Fsp3) is 0.517. The van der Waals surface area contributed by atoms with Gasteiger partial charge in [0.25, 0.3) is 0 Å². The van der Waals surface area contributed by atoms with E-state index in [0.717, 1.165) is 52.1 Å². The van der Waals surface area contributed by atoms with Gasteiger partial charge in [-0.05, 0) is 64.6 Å². The molecule has 1 fully saturated rings. The van der Waals surface area contributed by atoms with Gasteiger partial charge in [-0.3, -0.25) is 14.5 Å². The molecule has 0 radical (unpaired) electrons. The molecule has 2 heterocycles. The number of ketones is 1. The summed E-state index contributed by atoms with van der Waals surface area (Å²) in [6, 6.07) is 14.0. The molecule has 2 aromatic rings. The Balaban J connectivity index is 0.00000267. The molecule has 2 aromatic carbocycles. The van der Waals surface area contributed by atoms with Gasteiger partial charge < -0.3 is 29.6 Å². The van der Waals surface area contributed by atoms with Gasteiger partial charge in [0.05, 0.1) is 19.9 Å². The van der Waals surface area contributed by atoms with E-state index in [4.69, 9.17) is 9.47 Å². The maximum absolute atomic E-state index is 13.6. The van der Waals surface area contributed by atoms with Crippen molar-refractivity contribution in [2.75, 3.05) is 83.9 Å². The van der Waals surface area contributed by atoms with Crippen molar-refractivity contribution in [2.24, 2.45) is 5.92 Å². The number of carbonyl (C=O) groups is 2. The molecule has 9 nitrogen and oxygen atoms in total. The van der Waals surface area contributed by atoms with Gasteiger partial charge in [-0.1, -0.05) is 18.2 Å². The molecule has 0 aliphatic carbocycles. The van der Waals surface area contributed by atoms with E-state index in [2.05, 4.69) is 39.0 Å². The van der Waals surface area contributed by atoms with Gasteiger partial charge in [-0.2, -0.15) is 0 Å². The van der Waals surface area contributed by atoms with Crippen LogP contribution in [0.4, 0.5) is 11.4 Å². The molecule has 1 atom stereocenters. The molecule has 2 aliphatic rings. The van der Waals surface area contributed by atoms with E-state index in [0.29, 0.717) is 35.7 Å². The number of halogens is 1. The zero-order valence-electron chi connectivity index (χ0n) is 23.5. The van der Waals surface area contributed by atoms with Crippen molar-refractivity contribution < 1.29 is 24.5 Å². The summed E-state index contributed by atoms with van der Waals surface area (Å²) < 4.78 is 10.9. The molecule has 2 aliphatic heterocycles. The number of benzene rings is 2. The topological polar surface area (TPSA) is 97.1 Å². The number of amides is 1. The number of methoxy groups -OCH3 is 2. The number of anilines is 2. The van der Waals surface area contributed by atoms with Crippen LogP contribution in [0, 0.1) is 5.92 Å². The third-order valence-electron chi connectivity index (χ3n) is 7.39. The smallest absolute Gasteiger partial charge is 0.237 e. The van der Waals surface area contributed by atoms with E-state index < -0.39 is 5.92 Å². The number of Topliss-reactive ketones (excluding diaryl/α,β-unsaturated/α-hetero) is 1. The Labute approximate surface area is 238 Å². The summed E-state index contributed by atoms with van der Waals surface area (Å²) in [7, 11) is 7.17. The van der Waals surface area contributed by atoms with Crippen molar-refractivity contribution in [2.45, 2.75) is 19.3 Å². The van der Waals surface area contributed by atoms with Crippen LogP contribution in [0.1, 0.15) is 29.6 Å². The Morgan fingerprint density at radius 1 is 0.897 bits per heavy atom. The lowest BCUT2D eigenvalue weighted by Gasteiger charge is -2.37. The van der Waals surface area contributed by atoms with E-state index in [1.807, 2.05) is 20.2 Å². The molecule has 2 N–H and O–H groups in total. The maximum atomic E-state index is 13.6. The van der Waals surface area contributed by atoms with E-state index in [1.165, 1.54) is 5.69 Å². The number of nitrogens with zero attached hydrogens (tertiary/aromatic N) is 4. The van der Waals surface area contributed by atoms with Gasteiger partial charge in [0.15, 0.2) is 17.3 Å². The first-order valence-electron chi connectivity index (χ1n) is 13.2. The highest BCUT2D eigenvalue weighted by Gasteiger charge is 2.40. The number of hydrogen-bond donors (Lipinski definition) is 0. The molecule has 0 bridgehead atoms. The predicted octanol–water partition coefficient (Wildman–Crippen LogP) is 3.00. The van der Waals surface area contributed by atoms with Gasteiger partial charge in [-0.25, -0.2) is 0 Å². The second-order valence-electron chi connectivity index (χ2n) is 10.1. The normalized spacial score (nSPS) is 17.4. The van der Waals surface area contributed by atoms with E-state index in [1.54, 1.807) is 31.3 Å². The van der Waals surface area contributed by atoms with Crippen molar-refractivity contribution in [3.8, 4) is 11.5 Å². The molecule has 10 heteroatoms. The van der Waals surface area contributed by atoms with Crippen LogP contribution in [0.25, 0.3) is 0 Å². The Bertz CT molecular complexity index is 1080. The quantitative estimate of drug-likeness (QED) is 0.388. The van der Waals surface area contributed by atoms with Crippen LogP contribution in [0.2, 0.25) is 0 Å². The van der Waals surface area contributed by atoms with Gasteiger partial charge in [0.2, 0.25) is 5.91 Å². The van der Waals surface area contributed by atoms with Crippen LogP contribution < -0.4 is 19.3 Å². The number of para-hydroxylation sites is 1. The van der Waals surface area contributed by atoms with E-state index >= 15 is 0 Å². The standard InChI is InChI=1S/C29H40N4O4.ClH.H2O/c1-30(2)13-9-15-33-25-21-27(37-4)26(36-3)20-24(25)28(34)23(29(33)35)12-8-14-31-16-18-32(19-17-31)22-10-6-5-7-11-22;;/h5-7,10-11,20-21,23H,8-9,12-19H2,1-4H3;1H;1H2. The van der Waals surface area contributed by atoms with Crippen LogP contribution in [0.3, 0.4) is 0 Å². The molecule has 39 heavy (non-hydrogen) atoms. The Morgan fingerprint density at radius 2 is 1.54 bits per heavy atom. The first-order valence-corrected chi connectivity index (χ1v) is 13.2. The lowest BCUT2D eigenvalue weighted by Crippen LogP contribution is -2.47. The van der Waals surface area contributed by atoms with Crippen molar-refractivity contribution in [3.63, 3.8) is 0 Å². The molecule has 0 spiro atoms. The second-order valence-corrected chi connectivity index (χ2v) is 10.1. The lowest BCUT2D eigenvalue weighted by molar-refractivity contribution is -0.121. The third-order valence-corrected chi connectivity index (χ3v) is 7.39. The SMILES string of the molecule is COc1cc2c(cc1OC)N(CCCN(C)C)C(=O)C(CCCN1CCN(c3ccccc3)CC1)C2=O.Cl.O. The van der Waals surface area contributed by atoms with Crippen LogP contribution in [0.5, 0.6) is 11.5 Å². The zero-order valence-corrected chi connectivity index (χ0v) is 24.3. The minimum atomic E-state index is -0.657. The van der Waals surface area contributed by atoms with E-state index in [9.17, 15) is 9.59 Å². The van der Waals surface area contributed by atoms with Crippen LogP contribution in [-0.2, 0) is 4.79 Å². The third kappa shape index (κ3) is 7.63. The first kappa shape index (κ1) is 32.4. The molecule has 0 aromatic heterocycles. The first-order chi connectivity index (χ1) is 17.9. The number of ether oxygens (including phenoxy) is 2. The molecule has 4 rings (SSSR count). The molecule has 1 saturated heterocycles. The van der Waals surface area contributed by atoms with Gasteiger partial charge in [-0.15, -0.1) is 12.4 Å². The summed E-state index contributed by atoms with van der Waals surface area (Å²) in [5.74, 6) is 0.159. The summed E-state index contributed by atoms with van der Waals surface area (Å²) in [5, 5.41) is 0. The highest BCUT2D eigenvalue weighted by atomic mass is 35.5. The van der Waals surface area contributed by atoms with Crippen LogP contribution in [0.15, 0.2) is 42.5 Å². The Kier molecular flexibility index (Phi) is 12.5. The highest BCUT2D eigenvalue weighted by molar-refractivity contribution is 6.22. The minimum Gasteiger partial charge on any atom is -0.493 e. The van der Waals surface area contributed by atoms with Crippen LogP contribution in [-0.4, -0.2) is 101 Å². The number of carbonyl (C=O) groups excluding carboxylic acids is 2. The molecule has 1 unspecified atom stereocenters. The summed E-state index contributed by atoms with van der Waals surface area (Å²) in [5.41, 5.74) is 2.43. The number of hydrogen-bond acceptors (Lipinski definition) is 7. The molecular weight excluding hydrogens is 520 g/mol. The van der Waals surface area contributed by atoms with Crippen molar-refractivity contribution >= 4 is 35.5 Å². The van der Waals surface area contributed by atoms with Crippen molar-refractivity contribution in [3.05, 3.63) is 48.0 Å². The number of fused-ring (bicyclic) bond motifs is 1. The molecule has 1 amide bonds. The Hall–Kier alpha value is -2.85. The largest absolute Gasteiger partial charge is 0.493 e.